The molecule has 1 aliphatic rings. The molecule has 1 saturated heterocycles. The van der Waals surface area contributed by atoms with Gasteiger partial charge in [0.25, 0.3) is 12.8 Å². The van der Waals surface area contributed by atoms with E-state index in [9.17, 15) is 9.59 Å². The Hall–Kier alpha value is -2.08. The van der Waals surface area contributed by atoms with Crippen LogP contribution in [0.5, 0.6) is 11.5 Å². The molecule has 0 amide bonds. The van der Waals surface area contributed by atoms with E-state index >= 15 is 0 Å². The second kappa shape index (κ2) is 5.71. The van der Waals surface area contributed by atoms with Gasteiger partial charge in [0.2, 0.25) is 0 Å². The van der Waals surface area contributed by atoms with Crippen molar-refractivity contribution < 1.29 is 28.5 Å². The third kappa shape index (κ3) is 3.45. The molecule has 0 bridgehead atoms. The molecule has 102 valence electrons. The molecule has 1 fully saturated rings. The molecule has 0 aliphatic carbocycles. The number of benzene rings is 1. The van der Waals surface area contributed by atoms with E-state index in [0.717, 1.165) is 0 Å². The first-order valence-corrected chi connectivity index (χ1v) is 5.80. The topological polar surface area (TPSA) is 74.4 Å². The number of para-hydroxylation sites is 2. The lowest BCUT2D eigenvalue weighted by Gasteiger charge is -2.18. The number of hydrogen-bond acceptors (Lipinski definition) is 6. The van der Waals surface area contributed by atoms with E-state index in [0.29, 0.717) is 12.2 Å². The number of carbonyl (C=O) groups is 2. The van der Waals surface area contributed by atoms with Gasteiger partial charge in [-0.3, -0.25) is 9.59 Å². The normalized spacial score (nSPS) is 22.2. The Balaban J connectivity index is 2.12. The Labute approximate surface area is 110 Å². The van der Waals surface area contributed by atoms with Crippen molar-refractivity contribution in [3.8, 4) is 11.5 Å². The van der Waals surface area contributed by atoms with Crippen LogP contribution in [0.15, 0.2) is 24.3 Å². The molecular formula is C13H14O6. The highest BCUT2D eigenvalue weighted by atomic mass is 16.7. The molecule has 0 saturated carbocycles. The number of rotatable bonds is 6. The predicted molar refractivity (Wildman–Crippen MR) is 63.7 cm³/mol. The zero-order chi connectivity index (χ0) is 13.8. The third-order valence-electron chi connectivity index (χ3n) is 2.58. The van der Waals surface area contributed by atoms with Crippen molar-refractivity contribution >= 4 is 12.4 Å². The zero-order valence-electron chi connectivity index (χ0n) is 10.6. The molecule has 6 nitrogen and oxygen atoms in total. The minimum Gasteiger partial charge on any atom is -0.448 e. The van der Waals surface area contributed by atoms with Gasteiger partial charge in [-0.25, -0.2) is 0 Å². The van der Waals surface area contributed by atoms with E-state index < -0.39 is 12.3 Å². The maximum atomic E-state index is 11.0. The van der Waals surface area contributed by atoms with Crippen LogP contribution in [0.25, 0.3) is 0 Å². The monoisotopic (exact) mass is 266 g/mol. The Bertz CT molecular complexity index is 472. The molecule has 1 aromatic rings. The summed E-state index contributed by atoms with van der Waals surface area (Å²) >= 11 is 0. The molecule has 1 heterocycles. The standard InChI is InChI=1S/C13H14O6/c1-8-12(17-8)13(18-9(2)15)19-11-6-4-3-5-10(11)16-7-14/h3-8,12-13H,1-2H3. The van der Waals surface area contributed by atoms with Crippen molar-refractivity contribution in [1.29, 1.82) is 0 Å². The van der Waals surface area contributed by atoms with Gasteiger partial charge >= 0.3 is 5.97 Å². The highest BCUT2D eigenvalue weighted by Crippen LogP contribution is 2.32. The average Bonchev–Trinajstić information content (AvgIpc) is 3.08. The molecule has 6 heteroatoms. The summed E-state index contributed by atoms with van der Waals surface area (Å²) < 4.78 is 20.6. The summed E-state index contributed by atoms with van der Waals surface area (Å²) in [6.07, 6.45) is -1.21. The highest BCUT2D eigenvalue weighted by Gasteiger charge is 2.45. The second-order valence-electron chi connectivity index (χ2n) is 4.06. The van der Waals surface area contributed by atoms with Crippen LogP contribution in [-0.2, 0) is 19.1 Å². The Morgan fingerprint density at radius 2 is 2.00 bits per heavy atom. The average molecular weight is 266 g/mol. The molecule has 3 unspecified atom stereocenters. The van der Waals surface area contributed by atoms with Gasteiger partial charge in [0.05, 0.1) is 6.10 Å². The van der Waals surface area contributed by atoms with Crippen molar-refractivity contribution in [2.45, 2.75) is 32.3 Å². The lowest BCUT2D eigenvalue weighted by Crippen LogP contribution is -2.30. The fraction of sp³-hybridized carbons (Fsp3) is 0.385. The van der Waals surface area contributed by atoms with Crippen molar-refractivity contribution in [2.24, 2.45) is 0 Å². The lowest BCUT2D eigenvalue weighted by atomic mass is 10.3. The highest BCUT2D eigenvalue weighted by molar-refractivity contribution is 5.66. The molecule has 2 rings (SSSR count). The lowest BCUT2D eigenvalue weighted by molar-refractivity contribution is -0.163. The number of hydrogen-bond donors (Lipinski definition) is 0. The van der Waals surface area contributed by atoms with Gasteiger partial charge in [-0.15, -0.1) is 0 Å². The molecule has 0 aromatic heterocycles. The fourth-order valence-corrected chi connectivity index (χ4v) is 1.63. The first-order valence-electron chi connectivity index (χ1n) is 5.80. The van der Waals surface area contributed by atoms with E-state index in [1.54, 1.807) is 24.3 Å². The molecular weight excluding hydrogens is 252 g/mol. The summed E-state index contributed by atoms with van der Waals surface area (Å²) in [5.74, 6) is 0.0907. The molecule has 19 heavy (non-hydrogen) atoms. The predicted octanol–water partition coefficient (Wildman–Crippen LogP) is 1.28. The number of epoxide rings is 1. The summed E-state index contributed by atoms with van der Waals surface area (Å²) in [6, 6.07) is 6.60. The van der Waals surface area contributed by atoms with Crippen molar-refractivity contribution in [1.82, 2.24) is 0 Å². The van der Waals surface area contributed by atoms with Crippen LogP contribution in [0.3, 0.4) is 0 Å². The van der Waals surface area contributed by atoms with E-state index in [1.807, 2.05) is 6.92 Å². The Morgan fingerprint density at radius 3 is 2.53 bits per heavy atom. The van der Waals surface area contributed by atoms with Crippen molar-refractivity contribution in [3.63, 3.8) is 0 Å². The Morgan fingerprint density at radius 1 is 1.37 bits per heavy atom. The van der Waals surface area contributed by atoms with Crippen LogP contribution in [0.2, 0.25) is 0 Å². The zero-order valence-corrected chi connectivity index (χ0v) is 10.6. The molecule has 1 aromatic carbocycles. The Kier molecular flexibility index (Phi) is 4.01. The van der Waals surface area contributed by atoms with Crippen LogP contribution < -0.4 is 9.47 Å². The van der Waals surface area contributed by atoms with Crippen LogP contribution in [0.1, 0.15) is 13.8 Å². The van der Waals surface area contributed by atoms with Gasteiger partial charge in [0.1, 0.15) is 0 Å². The maximum Gasteiger partial charge on any atom is 0.305 e. The smallest absolute Gasteiger partial charge is 0.305 e. The summed E-state index contributed by atoms with van der Waals surface area (Å²) in [7, 11) is 0. The van der Waals surface area contributed by atoms with Crippen LogP contribution in [0, 0.1) is 0 Å². The van der Waals surface area contributed by atoms with E-state index in [-0.39, 0.29) is 18.0 Å². The van der Waals surface area contributed by atoms with Gasteiger partial charge in [-0.1, -0.05) is 12.1 Å². The number of carbonyl (C=O) groups excluding carboxylic acids is 2. The summed E-state index contributed by atoms with van der Waals surface area (Å²) in [4.78, 5) is 21.4. The van der Waals surface area contributed by atoms with Gasteiger partial charge in [0.15, 0.2) is 17.6 Å². The minimum atomic E-state index is -0.857. The third-order valence-corrected chi connectivity index (χ3v) is 2.58. The molecule has 0 N–H and O–H groups in total. The molecule has 3 atom stereocenters. The first kappa shape index (κ1) is 13.4. The first-order chi connectivity index (χ1) is 9.11. The van der Waals surface area contributed by atoms with Crippen molar-refractivity contribution in [2.75, 3.05) is 0 Å². The van der Waals surface area contributed by atoms with E-state index in [4.69, 9.17) is 18.9 Å². The number of ether oxygens (including phenoxy) is 4. The van der Waals surface area contributed by atoms with Crippen LogP contribution in [-0.4, -0.2) is 30.9 Å². The summed E-state index contributed by atoms with van der Waals surface area (Å²) in [6.45, 7) is 3.44. The number of esters is 1. The minimum absolute atomic E-state index is 0.0384. The largest absolute Gasteiger partial charge is 0.448 e. The summed E-state index contributed by atoms with van der Waals surface area (Å²) in [5.41, 5.74) is 0. The fourth-order valence-electron chi connectivity index (χ4n) is 1.63. The second-order valence-corrected chi connectivity index (χ2v) is 4.06. The van der Waals surface area contributed by atoms with Gasteiger partial charge in [0, 0.05) is 6.92 Å². The molecule has 1 aliphatic heterocycles. The quantitative estimate of drug-likeness (QED) is 0.334. The van der Waals surface area contributed by atoms with Gasteiger partial charge < -0.3 is 18.9 Å². The SMILES string of the molecule is CC(=O)OC(Oc1ccccc1OC=O)C1OC1C. The van der Waals surface area contributed by atoms with Crippen LogP contribution >= 0.6 is 0 Å². The van der Waals surface area contributed by atoms with E-state index in [1.165, 1.54) is 6.92 Å². The molecule has 0 spiro atoms. The maximum absolute atomic E-state index is 11.0. The van der Waals surface area contributed by atoms with E-state index in [2.05, 4.69) is 0 Å². The van der Waals surface area contributed by atoms with Crippen molar-refractivity contribution in [3.05, 3.63) is 24.3 Å². The summed E-state index contributed by atoms with van der Waals surface area (Å²) in [5, 5.41) is 0. The van der Waals surface area contributed by atoms with Gasteiger partial charge in [-0.05, 0) is 19.1 Å². The molecule has 0 radical (unpaired) electrons. The van der Waals surface area contributed by atoms with Crippen LogP contribution in [0.4, 0.5) is 0 Å². The van der Waals surface area contributed by atoms with Gasteiger partial charge in [-0.2, -0.15) is 0 Å².